The second kappa shape index (κ2) is 4.23. The van der Waals surface area contributed by atoms with E-state index in [-0.39, 0.29) is 0 Å². The van der Waals surface area contributed by atoms with Crippen LogP contribution in [0.25, 0.3) is 0 Å². The molecule has 2 aromatic rings. The number of nitrogens with one attached hydrogen (secondary N) is 1. The van der Waals surface area contributed by atoms with Crippen LogP contribution in [-0.2, 0) is 0 Å². The number of nitrogens with two attached hydrogens (primary N) is 1. The second-order valence-electron chi connectivity index (χ2n) is 3.95. The standard InChI is InChI=1S/C13H15N3/c1-9-3-5-11(6-4-9)15-13-8-10(2)7-12(14)16-13/h3-8H,1-2H3,(H3,14,15,16). The third-order valence-corrected chi connectivity index (χ3v) is 2.31. The van der Waals surface area contributed by atoms with Gasteiger partial charge in [-0.3, -0.25) is 0 Å². The van der Waals surface area contributed by atoms with E-state index in [1.165, 1.54) is 5.56 Å². The van der Waals surface area contributed by atoms with Crippen LogP contribution in [0.1, 0.15) is 11.1 Å². The molecule has 0 aliphatic carbocycles. The molecule has 16 heavy (non-hydrogen) atoms. The van der Waals surface area contributed by atoms with Crippen LogP contribution in [0.5, 0.6) is 0 Å². The molecule has 0 aliphatic heterocycles. The Bertz CT molecular complexity index is 469. The number of aromatic nitrogens is 1. The highest BCUT2D eigenvalue weighted by molar-refractivity contribution is 5.58. The summed E-state index contributed by atoms with van der Waals surface area (Å²) in [5.41, 5.74) is 9.04. The molecule has 0 bridgehead atoms. The van der Waals surface area contributed by atoms with E-state index in [1.54, 1.807) is 0 Å². The number of nitrogens with zero attached hydrogens (tertiary/aromatic N) is 1. The van der Waals surface area contributed by atoms with Crippen molar-refractivity contribution in [2.75, 3.05) is 11.1 Å². The van der Waals surface area contributed by atoms with Crippen LogP contribution in [0.4, 0.5) is 17.3 Å². The molecular weight excluding hydrogens is 198 g/mol. The summed E-state index contributed by atoms with van der Waals surface area (Å²) >= 11 is 0. The predicted octanol–water partition coefficient (Wildman–Crippen LogP) is 3.02. The molecule has 1 aromatic carbocycles. The lowest BCUT2D eigenvalue weighted by molar-refractivity contribution is 1.28. The van der Waals surface area contributed by atoms with Gasteiger partial charge in [-0.1, -0.05) is 17.7 Å². The Morgan fingerprint density at radius 3 is 2.31 bits per heavy atom. The van der Waals surface area contributed by atoms with E-state index < -0.39 is 0 Å². The average molecular weight is 213 g/mol. The zero-order valence-corrected chi connectivity index (χ0v) is 9.49. The molecule has 0 spiro atoms. The maximum absolute atomic E-state index is 5.69. The van der Waals surface area contributed by atoms with E-state index in [4.69, 9.17) is 5.73 Å². The summed E-state index contributed by atoms with van der Waals surface area (Å²) in [7, 11) is 0. The quantitative estimate of drug-likeness (QED) is 0.806. The maximum atomic E-state index is 5.69. The van der Waals surface area contributed by atoms with Crippen molar-refractivity contribution in [1.82, 2.24) is 4.98 Å². The van der Waals surface area contributed by atoms with Gasteiger partial charge < -0.3 is 11.1 Å². The van der Waals surface area contributed by atoms with Crippen LogP contribution in [0, 0.1) is 13.8 Å². The van der Waals surface area contributed by atoms with Crippen LogP contribution in [0.3, 0.4) is 0 Å². The Balaban J connectivity index is 2.23. The van der Waals surface area contributed by atoms with Crippen molar-refractivity contribution < 1.29 is 0 Å². The molecule has 3 N–H and O–H groups in total. The molecule has 2 rings (SSSR count). The predicted molar refractivity (Wildman–Crippen MR) is 67.8 cm³/mol. The van der Waals surface area contributed by atoms with Crippen LogP contribution in [0.2, 0.25) is 0 Å². The van der Waals surface area contributed by atoms with Gasteiger partial charge in [0.15, 0.2) is 0 Å². The summed E-state index contributed by atoms with van der Waals surface area (Å²) in [6.07, 6.45) is 0. The van der Waals surface area contributed by atoms with Gasteiger partial charge in [-0.25, -0.2) is 4.98 Å². The summed E-state index contributed by atoms with van der Waals surface area (Å²) in [5.74, 6) is 1.32. The SMILES string of the molecule is Cc1ccc(Nc2cc(C)cc(N)n2)cc1. The molecule has 0 fully saturated rings. The van der Waals surface area contributed by atoms with E-state index in [2.05, 4.69) is 29.4 Å². The number of nitrogen functional groups attached to an aromatic ring is 1. The topological polar surface area (TPSA) is 50.9 Å². The van der Waals surface area contributed by atoms with Gasteiger partial charge in [0.2, 0.25) is 0 Å². The molecule has 0 atom stereocenters. The maximum Gasteiger partial charge on any atom is 0.133 e. The zero-order valence-electron chi connectivity index (χ0n) is 9.49. The first-order chi connectivity index (χ1) is 7.63. The molecule has 1 heterocycles. The average Bonchev–Trinajstić information content (AvgIpc) is 2.20. The fraction of sp³-hybridized carbons (Fsp3) is 0.154. The van der Waals surface area contributed by atoms with Crippen LogP contribution < -0.4 is 11.1 Å². The normalized spacial score (nSPS) is 10.1. The molecular formula is C13H15N3. The monoisotopic (exact) mass is 213 g/mol. The summed E-state index contributed by atoms with van der Waals surface area (Å²) in [6, 6.07) is 12.0. The molecule has 0 aliphatic rings. The fourth-order valence-electron chi connectivity index (χ4n) is 1.54. The molecule has 1 aromatic heterocycles. The fourth-order valence-corrected chi connectivity index (χ4v) is 1.54. The van der Waals surface area contributed by atoms with Crippen molar-refractivity contribution in [3.05, 3.63) is 47.5 Å². The first-order valence-corrected chi connectivity index (χ1v) is 5.21. The summed E-state index contributed by atoms with van der Waals surface area (Å²) in [6.45, 7) is 4.06. The number of hydrogen-bond acceptors (Lipinski definition) is 3. The van der Waals surface area contributed by atoms with Crippen LogP contribution >= 0.6 is 0 Å². The molecule has 0 unspecified atom stereocenters. The number of rotatable bonds is 2. The van der Waals surface area contributed by atoms with Gasteiger partial charge >= 0.3 is 0 Å². The van der Waals surface area contributed by atoms with Crippen LogP contribution in [-0.4, -0.2) is 4.98 Å². The van der Waals surface area contributed by atoms with Gasteiger partial charge in [-0.15, -0.1) is 0 Å². The van der Waals surface area contributed by atoms with Gasteiger partial charge in [0.1, 0.15) is 11.6 Å². The van der Waals surface area contributed by atoms with E-state index in [9.17, 15) is 0 Å². The number of hydrogen-bond donors (Lipinski definition) is 2. The number of aryl methyl sites for hydroxylation is 2. The zero-order chi connectivity index (χ0) is 11.5. The first-order valence-electron chi connectivity index (χ1n) is 5.21. The highest BCUT2D eigenvalue weighted by Gasteiger charge is 1.98. The number of pyridine rings is 1. The Morgan fingerprint density at radius 1 is 1.00 bits per heavy atom. The molecule has 0 radical (unpaired) electrons. The van der Waals surface area contributed by atoms with Gasteiger partial charge in [0.05, 0.1) is 0 Å². The summed E-state index contributed by atoms with van der Waals surface area (Å²) in [4.78, 5) is 4.22. The number of anilines is 3. The van der Waals surface area contributed by atoms with Crippen LogP contribution in [0.15, 0.2) is 36.4 Å². The Labute approximate surface area is 95.3 Å². The van der Waals surface area contributed by atoms with Crippen molar-refractivity contribution in [3.63, 3.8) is 0 Å². The highest BCUT2D eigenvalue weighted by Crippen LogP contribution is 2.17. The van der Waals surface area contributed by atoms with Crippen molar-refractivity contribution in [1.29, 1.82) is 0 Å². The van der Waals surface area contributed by atoms with Crippen molar-refractivity contribution in [2.45, 2.75) is 13.8 Å². The lowest BCUT2D eigenvalue weighted by atomic mass is 10.2. The van der Waals surface area contributed by atoms with Crippen molar-refractivity contribution in [3.8, 4) is 0 Å². The molecule has 82 valence electrons. The third-order valence-electron chi connectivity index (χ3n) is 2.31. The summed E-state index contributed by atoms with van der Waals surface area (Å²) in [5, 5.41) is 3.22. The minimum atomic E-state index is 0.537. The van der Waals surface area contributed by atoms with Gasteiger partial charge in [0.25, 0.3) is 0 Å². The van der Waals surface area contributed by atoms with E-state index in [0.717, 1.165) is 17.1 Å². The van der Waals surface area contributed by atoms with Gasteiger partial charge in [0, 0.05) is 5.69 Å². The first kappa shape index (κ1) is 10.5. The van der Waals surface area contributed by atoms with Gasteiger partial charge in [-0.2, -0.15) is 0 Å². The Hall–Kier alpha value is -2.03. The lowest BCUT2D eigenvalue weighted by Crippen LogP contribution is -1.98. The number of benzene rings is 1. The third kappa shape index (κ3) is 2.51. The Kier molecular flexibility index (Phi) is 2.77. The summed E-state index contributed by atoms with van der Waals surface area (Å²) < 4.78 is 0. The van der Waals surface area contributed by atoms with Gasteiger partial charge in [-0.05, 0) is 43.7 Å². The Morgan fingerprint density at radius 2 is 1.69 bits per heavy atom. The minimum absolute atomic E-state index is 0.537. The molecule has 0 saturated heterocycles. The van der Waals surface area contributed by atoms with E-state index in [1.807, 2.05) is 31.2 Å². The second-order valence-corrected chi connectivity index (χ2v) is 3.95. The smallest absolute Gasteiger partial charge is 0.133 e. The minimum Gasteiger partial charge on any atom is -0.384 e. The van der Waals surface area contributed by atoms with E-state index >= 15 is 0 Å². The molecule has 3 nitrogen and oxygen atoms in total. The molecule has 3 heteroatoms. The van der Waals surface area contributed by atoms with E-state index in [0.29, 0.717) is 5.82 Å². The highest BCUT2D eigenvalue weighted by atomic mass is 15.0. The molecule has 0 saturated carbocycles. The largest absolute Gasteiger partial charge is 0.384 e. The van der Waals surface area contributed by atoms with Crippen molar-refractivity contribution in [2.24, 2.45) is 0 Å². The van der Waals surface area contributed by atoms with Crippen molar-refractivity contribution >= 4 is 17.3 Å². The molecule has 0 amide bonds. The lowest BCUT2D eigenvalue weighted by Gasteiger charge is -2.07.